The summed E-state index contributed by atoms with van der Waals surface area (Å²) in [7, 11) is 0. The Bertz CT molecular complexity index is 417. The molecule has 0 spiro atoms. The number of hydrogen-bond acceptors (Lipinski definition) is 3. The van der Waals surface area contributed by atoms with Crippen LogP contribution in [0.1, 0.15) is 12.8 Å². The van der Waals surface area contributed by atoms with Crippen LogP contribution in [0.4, 0.5) is 8.78 Å². The fraction of sp³-hybridized carbons (Fsp3) is 0.417. The maximum atomic E-state index is 12.9. The van der Waals surface area contributed by atoms with Crippen LogP contribution in [0.15, 0.2) is 18.2 Å². The van der Waals surface area contributed by atoms with Gasteiger partial charge in [0.05, 0.1) is 5.92 Å². The zero-order chi connectivity index (χ0) is 12.3. The maximum absolute atomic E-state index is 12.9. The van der Waals surface area contributed by atoms with Gasteiger partial charge in [-0.15, -0.1) is 0 Å². The lowest BCUT2D eigenvalue weighted by Crippen LogP contribution is -2.33. The molecule has 92 valence electrons. The van der Waals surface area contributed by atoms with Crippen molar-refractivity contribution in [2.45, 2.75) is 12.8 Å². The van der Waals surface area contributed by atoms with Gasteiger partial charge in [-0.1, -0.05) is 0 Å². The summed E-state index contributed by atoms with van der Waals surface area (Å²) in [5.74, 6) is -2.46. The number of carbonyl (C=O) groups is 1. The van der Waals surface area contributed by atoms with Gasteiger partial charge >= 0.3 is 5.97 Å². The molecule has 1 aromatic carbocycles. The van der Waals surface area contributed by atoms with Crippen molar-refractivity contribution in [3.63, 3.8) is 0 Å². The van der Waals surface area contributed by atoms with E-state index in [1.165, 1.54) is 6.07 Å². The van der Waals surface area contributed by atoms with E-state index < -0.39 is 11.6 Å². The van der Waals surface area contributed by atoms with Gasteiger partial charge in [-0.2, -0.15) is 0 Å². The molecule has 3 nitrogen and oxygen atoms in total. The first kappa shape index (κ1) is 12.0. The van der Waals surface area contributed by atoms with Crippen molar-refractivity contribution in [1.29, 1.82) is 0 Å². The second kappa shape index (κ2) is 5.23. The second-order valence-corrected chi connectivity index (χ2v) is 4.02. The van der Waals surface area contributed by atoms with Crippen LogP contribution >= 0.6 is 0 Å². The fourth-order valence-electron chi connectivity index (χ4n) is 1.80. The highest BCUT2D eigenvalue weighted by Crippen LogP contribution is 2.19. The first-order valence-electron chi connectivity index (χ1n) is 5.54. The van der Waals surface area contributed by atoms with E-state index in [9.17, 15) is 13.6 Å². The first-order chi connectivity index (χ1) is 8.16. The Kier molecular flexibility index (Phi) is 3.68. The quantitative estimate of drug-likeness (QED) is 0.634. The van der Waals surface area contributed by atoms with Crippen LogP contribution in [0.2, 0.25) is 0 Å². The van der Waals surface area contributed by atoms with Gasteiger partial charge < -0.3 is 10.1 Å². The normalized spacial score (nSPS) is 16.8. The third-order valence-electron chi connectivity index (χ3n) is 2.78. The van der Waals surface area contributed by atoms with Crippen molar-refractivity contribution in [2.75, 3.05) is 13.1 Å². The number of carbonyl (C=O) groups excluding carboxylic acids is 1. The molecule has 0 atom stereocenters. The van der Waals surface area contributed by atoms with E-state index in [1.807, 2.05) is 0 Å². The Morgan fingerprint density at radius 3 is 2.59 bits per heavy atom. The minimum atomic E-state index is -1.01. The Morgan fingerprint density at radius 1 is 1.24 bits per heavy atom. The highest BCUT2D eigenvalue weighted by atomic mass is 19.2. The molecule has 0 aliphatic carbocycles. The van der Waals surface area contributed by atoms with Crippen LogP contribution in [-0.2, 0) is 4.79 Å². The number of nitrogens with one attached hydrogen (secondary N) is 1. The Balaban J connectivity index is 1.99. The van der Waals surface area contributed by atoms with Crippen LogP contribution < -0.4 is 10.1 Å². The van der Waals surface area contributed by atoms with E-state index >= 15 is 0 Å². The lowest BCUT2D eigenvalue weighted by molar-refractivity contribution is -0.139. The Morgan fingerprint density at radius 2 is 1.94 bits per heavy atom. The summed E-state index contributed by atoms with van der Waals surface area (Å²) in [4.78, 5) is 11.7. The third-order valence-corrected chi connectivity index (χ3v) is 2.78. The first-order valence-corrected chi connectivity index (χ1v) is 5.54. The highest BCUT2D eigenvalue weighted by molar-refractivity contribution is 5.75. The SMILES string of the molecule is O=C(Oc1ccc(F)c(F)c1)C1CCNCC1. The molecule has 5 heteroatoms. The summed E-state index contributed by atoms with van der Waals surface area (Å²) in [6, 6.07) is 3.08. The van der Waals surface area contributed by atoms with E-state index in [-0.39, 0.29) is 17.6 Å². The van der Waals surface area contributed by atoms with Crippen molar-refractivity contribution < 1.29 is 18.3 Å². The predicted octanol–water partition coefficient (Wildman–Crippen LogP) is 1.87. The summed E-state index contributed by atoms with van der Waals surface area (Å²) in [6.45, 7) is 1.55. The molecular formula is C12H13F2NO2. The van der Waals surface area contributed by atoms with Crippen LogP contribution in [-0.4, -0.2) is 19.1 Å². The van der Waals surface area contributed by atoms with Gasteiger partial charge in [0.1, 0.15) is 5.75 Å². The van der Waals surface area contributed by atoms with Crippen molar-refractivity contribution in [1.82, 2.24) is 5.32 Å². The van der Waals surface area contributed by atoms with E-state index in [2.05, 4.69) is 5.32 Å². The molecular weight excluding hydrogens is 228 g/mol. The van der Waals surface area contributed by atoms with Crippen molar-refractivity contribution in [2.24, 2.45) is 5.92 Å². The predicted molar refractivity (Wildman–Crippen MR) is 57.6 cm³/mol. The monoisotopic (exact) mass is 241 g/mol. The molecule has 1 saturated heterocycles. The molecule has 2 rings (SSSR count). The molecule has 1 aliphatic heterocycles. The smallest absolute Gasteiger partial charge is 0.314 e. The number of ether oxygens (including phenoxy) is 1. The Hall–Kier alpha value is -1.49. The fourth-order valence-corrected chi connectivity index (χ4v) is 1.80. The molecule has 0 saturated carbocycles. The molecule has 0 amide bonds. The van der Waals surface area contributed by atoms with Crippen molar-refractivity contribution in [3.05, 3.63) is 29.8 Å². The molecule has 1 N–H and O–H groups in total. The van der Waals surface area contributed by atoms with E-state index in [0.29, 0.717) is 12.8 Å². The van der Waals surface area contributed by atoms with Gasteiger partial charge in [-0.3, -0.25) is 4.79 Å². The van der Waals surface area contributed by atoms with Crippen LogP contribution in [0.5, 0.6) is 5.75 Å². The second-order valence-electron chi connectivity index (χ2n) is 4.02. The molecule has 0 aromatic heterocycles. The highest BCUT2D eigenvalue weighted by Gasteiger charge is 2.23. The van der Waals surface area contributed by atoms with Gasteiger partial charge in [0, 0.05) is 6.07 Å². The van der Waals surface area contributed by atoms with Crippen molar-refractivity contribution >= 4 is 5.97 Å². The zero-order valence-electron chi connectivity index (χ0n) is 9.21. The van der Waals surface area contributed by atoms with E-state index in [4.69, 9.17) is 4.74 Å². The molecule has 1 fully saturated rings. The minimum Gasteiger partial charge on any atom is -0.426 e. The molecule has 1 aliphatic rings. The number of hydrogen-bond donors (Lipinski definition) is 1. The number of rotatable bonds is 2. The maximum Gasteiger partial charge on any atom is 0.314 e. The average Bonchev–Trinajstić information content (AvgIpc) is 2.35. The summed E-state index contributed by atoms with van der Waals surface area (Å²) in [5, 5.41) is 3.13. The van der Waals surface area contributed by atoms with Crippen LogP contribution in [0.25, 0.3) is 0 Å². The number of halogens is 2. The largest absolute Gasteiger partial charge is 0.426 e. The molecule has 17 heavy (non-hydrogen) atoms. The van der Waals surface area contributed by atoms with E-state index in [1.54, 1.807) is 0 Å². The minimum absolute atomic E-state index is 0.0485. The molecule has 0 unspecified atom stereocenters. The molecule has 1 heterocycles. The number of benzene rings is 1. The standard InChI is InChI=1S/C12H13F2NO2/c13-10-2-1-9(7-11(10)14)17-12(16)8-3-5-15-6-4-8/h1-2,7-8,15H,3-6H2. The van der Waals surface area contributed by atoms with Gasteiger partial charge in [0.15, 0.2) is 11.6 Å². The molecule has 1 aromatic rings. The Labute approximate surface area is 97.8 Å². The third kappa shape index (κ3) is 3.00. The van der Waals surface area contributed by atoms with Crippen LogP contribution in [0, 0.1) is 17.6 Å². The van der Waals surface area contributed by atoms with Gasteiger partial charge in [0.2, 0.25) is 0 Å². The molecule has 0 bridgehead atoms. The van der Waals surface area contributed by atoms with E-state index in [0.717, 1.165) is 25.2 Å². The summed E-state index contributed by atoms with van der Waals surface area (Å²) >= 11 is 0. The summed E-state index contributed by atoms with van der Waals surface area (Å²) in [5.41, 5.74) is 0. The lowest BCUT2D eigenvalue weighted by atomic mass is 9.98. The number of piperidine rings is 1. The molecule has 0 radical (unpaired) electrons. The van der Waals surface area contributed by atoms with Gasteiger partial charge in [0.25, 0.3) is 0 Å². The van der Waals surface area contributed by atoms with Crippen molar-refractivity contribution in [3.8, 4) is 5.75 Å². The topological polar surface area (TPSA) is 38.3 Å². The average molecular weight is 241 g/mol. The summed E-state index contributed by atoms with van der Waals surface area (Å²) < 4.78 is 30.6. The van der Waals surface area contributed by atoms with Crippen LogP contribution in [0.3, 0.4) is 0 Å². The van der Waals surface area contributed by atoms with Gasteiger partial charge in [-0.25, -0.2) is 8.78 Å². The lowest BCUT2D eigenvalue weighted by Gasteiger charge is -2.20. The van der Waals surface area contributed by atoms with Gasteiger partial charge in [-0.05, 0) is 38.1 Å². The number of esters is 1. The zero-order valence-corrected chi connectivity index (χ0v) is 9.21. The summed E-state index contributed by atoms with van der Waals surface area (Å²) in [6.07, 6.45) is 1.42.